The van der Waals surface area contributed by atoms with Gasteiger partial charge in [-0.2, -0.15) is 0 Å². The number of carbonyl (C=O) groups is 1. The zero-order valence-electron chi connectivity index (χ0n) is 8.25. The van der Waals surface area contributed by atoms with Crippen molar-refractivity contribution < 1.29 is 9.53 Å². The number of halogens is 1. The van der Waals surface area contributed by atoms with Gasteiger partial charge in [-0.05, 0) is 18.6 Å². The smallest absolute Gasteiger partial charge is 0.166 e. The van der Waals surface area contributed by atoms with Crippen molar-refractivity contribution in [2.45, 2.75) is 25.9 Å². The number of ether oxygens (including phenoxy) is 1. The third-order valence-electron chi connectivity index (χ3n) is 1.99. The van der Waals surface area contributed by atoms with E-state index in [4.69, 9.17) is 16.3 Å². The van der Waals surface area contributed by atoms with Crippen LogP contribution in [-0.2, 0) is 16.0 Å². The van der Waals surface area contributed by atoms with Crippen LogP contribution in [0.5, 0.6) is 0 Å². The molecule has 4 heteroatoms. The van der Waals surface area contributed by atoms with Crippen LogP contribution in [0.3, 0.4) is 0 Å². The molecule has 0 aliphatic heterocycles. The molecule has 0 fully saturated rings. The highest BCUT2D eigenvalue weighted by molar-refractivity contribution is 7.16. The molecule has 78 valence electrons. The Bertz CT molecular complexity index is 305. The van der Waals surface area contributed by atoms with Crippen molar-refractivity contribution in [2.24, 2.45) is 0 Å². The lowest BCUT2D eigenvalue weighted by Gasteiger charge is -2.10. The molecule has 0 N–H and O–H groups in total. The molecule has 0 saturated carbocycles. The van der Waals surface area contributed by atoms with Crippen molar-refractivity contribution in [1.82, 2.24) is 0 Å². The predicted octanol–water partition coefficient (Wildman–Crippen LogP) is 2.94. The first-order valence-corrected chi connectivity index (χ1v) is 5.66. The monoisotopic (exact) mass is 232 g/mol. The summed E-state index contributed by atoms with van der Waals surface area (Å²) in [5.41, 5.74) is 0. The van der Waals surface area contributed by atoms with Gasteiger partial charge in [-0.25, -0.2) is 0 Å². The first-order valence-electron chi connectivity index (χ1n) is 4.47. The molecule has 0 spiro atoms. The number of Topliss-reactive ketones (excluding diaryl/α,β-unsaturated/α-hetero) is 1. The van der Waals surface area contributed by atoms with E-state index in [0.717, 1.165) is 9.21 Å². The van der Waals surface area contributed by atoms with Crippen LogP contribution < -0.4 is 0 Å². The highest BCUT2D eigenvalue weighted by Gasteiger charge is 2.16. The molecule has 1 atom stereocenters. The number of ketones is 1. The standard InChI is InChI=1S/C10H13ClO2S/c1-3-9(13-2)8(12)6-7-4-5-10(11)14-7/h4-5,9H,3,6H2,1-2H3. The minimum absolute atomic E-state index is 0.119. The fourth-order valence-electron chi connectivity index (χ4n) is 1.26. The summed E-state index contributed by atoms with van der Waals surface area (Å²) >= 11 is 7.21. The van der Waals surface area contributed by atoms with Gasteiger partial charge in [0, 0.05) is 18.4 Å². The van der Waals surface area contributed by atoms with Gasteiger partial charge in [-0.3, -0.25) is 4.79 Å². The maximum atomic E-state index is 11.6. The van der Waals surface area contributed by atoms with E-state index in [1.165, 1.54) is 11.3 Å². The van der Waals surface area contributed by atoms with E-state index in [9.17, 15) is 4.79 Å². The van der Waals surface area contributed by atoms with E-state index in [2.05, 4.69) is 0 Å². The summed E-state index contributed by atoms with van der Waals surface area (Å²) in [7, 11) is 1.56. The summed E-state index contributed by atoms with van der Waals surface area (Å²) < 4.78 is 5.78. The van der Waals surface area contributed by atoms with Gasteiger partial charge in [-0.15, -0.1) is 11.3 Å². The van der Waals surface area contributed by atoms with Crippen molar-refractivity contribution in [3.8, 4) is 0 Å². The van der Waals surface area contributed by atoms with E-state index >= 15 is 0 Å². The van der Waals surface area contributed by atoms with E-state index in [0.29, 0.717) is 12.8 Å². The molecule has 0 amide bonds. The molecular weight excluding hydrogens is 220 g/mol. The Morgan fingerprint density at radius 2 is 2.36 bits per heavy atom. The molecule has 1 aromatic heterocycles. The van der Waals surface area contributed by atoms with Gasteiger partial charge in [0.25, 0.3) is 0 Å². The average Bonchev–Trinajstić information content (AvgIpc) is 2.53. The molecule has 0 aliphatic rings. The van der Waals surface area contributed by atoms with Crippen LogP contribution in [0.1, 0.15) is 18.2 Å². The van der Waals surface area contributed by atoms with Crippen molar-refractivity contribution in [2.75, 3.05) is 7.11 Å². The lowest BCUT2D eigenvalue weighted by molar-refractivity contribution is -0.128. The van der Waals surface area contributed by atoms with Crippen molar-refractivity contribution in [3.63, 3.8) is 0 Å². The number of methoxy groups -OCH3 is 1. The highest BCUT2D eigenvalue weighted by Crippen LogP contribution is 2.22. The van der Waals surface area contributed by atoms with E-state index in [-0.39, 0.29) is 11.9 Å². The Morgan fingerprint density at radius 1 is 1.64 bits per heavy atom. The Balaban J connectivity index is 2.56. The zero-order valence-corrected chi connectivity index (χ0v) is 9.82. The third-order valence-corrected chi connectivity index (χ3v) is 3.22. The van der Waals surface area contributed by atoms with Gasteiger partial charge < -0.3 is 4.74 Å². The Kier molecular flexibility index (Phi) is 4.58. The number of thiophene rings is 1. The topological polar surface area (TPSA) is 26.3 Å². The van der Waals surface area contributed by atoms with E-state index in [1.807, 2.05) is 19.1 Å². The molecule has 1 unspecified atom stereocenters. The normalized spacial score (nSPS) is 12.8. The average molecular weight is 233 g/mol. The molecule has 0 aliphatic carbocycles. The van der Waals surface area contributed by atoms with Crippen molar-refractivity contribution in [3.05, 3.63) is 21.3 Å². The number of rotatable bonds is 5. The van der Waals surface area contributed by atoms with Gasteiger partial charge in [0.1, 0.15) is 6.10 Å². The summed E-state index contributed by atoms with van der Waals surface area (Å²) in [5.74, 6) is 0.119. The SMILES string of the molecule is CCC(OC)C(=O)Cc1ccc(Cl)s1. The molecule has 1 heterocycles. The maximum Gasteiger partial charge on any atom is 0.166 e. The molecule has 0 saturated heterocycles. The second-order valence-corrected chi connectivity index (χ2v) is 4.78. The summed E-state index contributed by atoms with van der Waals surface area (Å²) in [6.07, 6.45) is 0.855. The van der Waals surface area contributed by atoms with Crippen LogP contribution in [-0.4, -0.2) is 19.0 Å². The second-order valence-electron chi connectivity index (χ2n) is 2.98. The third kappa shape index (κ3) is 3.08. The largest absolute Gasteiger partial charge is 0.374 e. The number of hydrogen-bond acceptors (Lipinski definition) is 3. The van der Waals surface area contributed by atoms with Gasteiger partial charge in [0.05, 0.1) is 4.34 Å². The minimum Gasteiger partial charge on any atom is -0.374 e. The van der Waals surface area contributed by atoms with Gasteiger partial charge in [0.2, 0.25) is 0 Å². The molecule has 0 radical (unpaired) electrons. The van der Waals surface area contributed by atoms with Crippen LogP contribution in [0, 0.1) is 0 Å². The highest BCUT2D eigenvalue weighted by atomic mass is 35.5. The molecule has 1 aromatic rings. The molecule has 2 nitrogen and oxygen atoms in total. The molecule has 14 heavy (non-hydrogen) atoms. The first kappa shape index (κ1) is 11.7. The maximum absolute atomic E-state index is 11.6. The summed E-state index contributed by atoms with van der Waals surface area (Å²) in [6.45, 7) is 1.94. The molecule has 0 bridgehead atoms. The van der Waals surface area contributed by atoms with Crippen molar-refractivity contribution >= 4 is 28.7 Å². The lowest BCUT2D eigenvalue weighted by Crippen LogP contribution is -2.23. The summed E-state index contributed by atoms with van der Waals surface area (Å²) in [5, 5.41) is 0. The Hall–Kier alpha value is -0.380. The number of carbonyl (C=O) groups excluding carboxylic acids is 1. The van der Waals surface area contributed by atoms with Crippen LogP contribution in [0.4, 0.5) is 0 Å². The molecule has 1 rings (SSSR count). The van der Waals surface area contributed by atoms with Crippen molar-refractivity contribution in [1.29, 1.82) is 0 Å². The Morgan fingerprint density at radius 3 is 2.79 bits per heavy atom. The number of hydrogen-bond donors (Lipinski definition) is 0. The van der Waals surface area contributed by atoms with E-state index in [1.54, 1.807) is 7.11 Å². The molecule has 0 aromatic carbocycles. The zero-order chi connectivity index (χ0) is 10.6. The molecular formula is C10H13ClO2S. The first-order chi connectivity index (χ1) is 6.67. The van der Waals surface area contributed by atoms with Crippen LogP contribution >= 0.6 is 22.9 Å². The predicted molar refractivity (Wildman–Crippen MR) is 59.1 cm³/mol. The van der Waals surface area contributed by atoms with Crippen LogP contribution in [0.25, 0.3) is 0 Å². The van der Waals surface area contributed by atoms with E-state index < -0.39 is 0 Å². The van der Waals surface area contributed by atoms with Gasteiger partial charge >= 0.3 is 0 Å². The quantitative estimate of drug-likeness (QED) is 0.780. The van der Waals surface area contributed by atoms with Gasteiger partial charge in [-0.1, -0.05) is 18.5 Å². The fraction of sp³-hybridized carbons (Fsp3) is 0.500. The second kappa shape index (κ2) is 5.49. The summed E-state index contributed by atoms with van der Waals surface area (Å²) in [6, 6.07) is 3.69. The van der Waals surface area contributed by atoms with Crippen LogP contribution in [0.2, 0.25) is 4.34 Å². The minimum atomic E-state index is -0.282. The van der Waals surface area contributed by atoms with Crippen LogP contribution in [0.15, 0.2) is 12.1 Å². The fourth-order valence-corrected chi connectivity index (χ4v) is 2.36. The Labute approximate surface area is 92.8 Å². The lowest BCUT2D eigenvalue weighted by atomic mass is 10.1. The summed E-state index contributed by atoms with van der Waals surface area (Å²) in [4.78, 5) is 12.6. The van der Waals surface area contributed by atoms with Gasteiger partial charge in [0.15, 0.2) is 5.78 Å².